The van der Waals surface area contributed by atoms with Gasteiger partial charge in [-0.25, -0.2) is 8.42 Å². The molecule has 204 valence electrons. The molecule has 0 heterocycles. The molecule has 0 spiro atoms. The van der Waals surface area contributed by atoms with Crippen LogP contribution in [0.5, 0.6) is 0 Å². The molecule has 0 aliphatic heterocycles. The van der Waals surface area contributed by atoms with Crippen molar-refractivity contribution in [2.24, 2.45) is 0 Å². The number of amides is 2. The number of nitrogens with zero attached hydrogens (tertiary/aromatic N) is 2. The molecule has 1 N–H and O–H groups in total. The molecule has 2 aromatic carbocycles. The van der Waals surface area contributed by atoms with Gasteiger partial charge in [0.15, 0.2) is 0 Å². The van der Waals surface area contributed by atoms with E-state index < -0.39 is 16.1 Å². The molecule has 0 aliphatic rings. The van der Waals surface area contributed by atoms with E-state index in [0.717, 1.165) is 24.7 Å². The third-order valence-corrected chi connectivity index (χ3v) is 7.83. The van der Waals surface area contributed by atoms with Crippen LogP contribution in [0.25, 0.3) is 0 Å². The Hall–Kier alpha value is -2.29. The predicted molar refractivity (Wildman–Crippen MR) is 152 cm³/mol. The van der Waals surface area contributed by atoms with Crippen molar-refractivity contribution in [3.63, 3.8) is 0 Å². The zero-order chi connectivity index (χ0) is 27.6. The first-order valence-electron chi connectivity index (χ1n) is 12.5. The first kappa shape index (κ1) is 30.9. The van der Waals surface area contributed by atoms with Crippen molar-refractivity contribution in [2.75, 3.05) is 23.7 Å². The quantitative estimate of drug-likeness (QED) is 0.301. The number of anilines is 1. The van der Waals surface area contributed by atoms with Crippen LogP contribution >= 0.6 is 23.2 Å². The summed E-state index contributed by atoms with van der Waals surface area (Å²) in [4.78, 5) is 28.0. The lowest BCUT2D eigenvalue weighted by Gasteiger charge is -2.31. The van der Waals surface area contributed by atoms with Gasteiger partial charge < -0.3 is 10.2 Å². The smallest absolute Gasteiger partial charge is 0.242 e. The van der Waals surface area contributed by atoms with Gasteiger partial charge >= 0.3 is 0 Å². The van der Waals surface area contributed by atoms with Crippen LogP contribution in [0.4, 0.5) is 5.69 Å². The maximum absolute atomic E-state index is 13.5. The lowest BCUT2D eigenvalue weighted by molar-refractivity contribution is -0.141. The number of carbonyl (C=O) groups excluding carboxylic acids is 2. The van der Waals surface area contributed by atoms with Crippen LogP contribution in [0.2, 0.25) is 10.0 Å². The zero-order valence-electron chi connectivity index (χ0n) is 22.0. The average Bonchev–Trinajstić information content (AvgIpc) is 2.83. The molecule has 0 aromatic heterocycles. The summed E-state index contributed by atoms with van der Waals surface area (Å²) in [6.07, 6.45) is 3.72. The number of hydrogen-bond acceptors (Lipinski definition) is 4. The molecule has 7 nitrogen and oxygen atoms in total. The summed E-state index contributed by atoms with van der Waals surface area (Å²) in [5.41, 5.74) is 2.25. The van der Waals surface area contributed by atoms with Crippen LogP contribution in [0.1, 0.15) is 57.1 Å². The van der Waals surface area contributed by atoms with E-state index >= 15 is 0 Å². The van der Waals surface area contributed by atoms with Crippen LogP contribution in [0.15, 0.2) is 42.5 Å². The van der Waals surface area contributed by atoms with Gasteiger partial charge in [-0.15, -0.1) is 0 Å². The molecule has 10 heteroatoms. The van der Waals surface area contributed by atoms with E-state index in [1.165, 1.54) is 9.21 Å². The highest BCUT2D eigenvalue weighted by molar-refractivity contribution is 7.92. The van der Waals surface area contributed by atoms with Crippen LogP contribution < -0.4 is 9.62 Å². The Kier molecular flexibility index (Phi) is 12.2. The number of nitrogens with one attached hydrogen (secondary N) is 1. The summed E-state index contributed by atoms with van der Waals surface area (Å²) in [5, 5.41) is 3.82. The predicted octanol–water partition coefficient (Wildman–Crippen LogP) is 5.57. The SMILES string of the molecule is CCCCNC(=O)[C@@H](CC)N(Cc1ccc(Cl)cc1Cl)C(=O)CCCN(c1ccc(C)cc1)S(C)(=O)=O. The van der Waals surface area contributed by atoms with Gasteiger partial charge in [-0.05, 0) is 56.0 Å². The largest absolute Gasteiger partial charge is 0.354 e. The Morgan fingerprint density at radius 1 is 1.03 bits per heavy atom. The topological polar surface area (TPSA) is 86.8 Å². The van der Waals surface area contributed by atoms with Gasteiger partial charge in [-0.3, -0.25) is 13.9 Å². The van der Waals surface area contributed by atoms with Crippen LogP contribution in [-0.4, -0.2) is 50.5 Å². The summed E-state index contributed by atoms with van der Waals surface area (Å²) in [7, 11) is -3.54. The third-order valence-electron chi connectivity index (χ3n) is 6.05. The summed E-state index contributed by atoms with van der Waals surface area (Å²) in [5.74, 6) is -0.465. The molecule has 2 amide bonds. The summed E-state index contributed by atoms with van der Waals surface area (Å²) < 4.78 is 26.2. The molecule has 2 rings (SSSR count). The molecule has 0 aliphatic carbocycles. The minimum absolute atomic E-state index is 0.0713. The van der Waals surface area contributed by atoms with Gasteiger partial charge in [0.2, 0.25) is 21.8 Å². The molecule has 0 saturated carbocycles. The van der Waals surface area contributed by atoms with Crippen molar-refractivity contribution in [1.82, 2.24) is 10.2 Å². The molecule has 37 heavy (non-hydrogen) atoms. The Morgan fingerprint density at radius 2 is 1.70 bits per heavy atom. The fourth-order valence-corrected chi connectivity index (χ4v) is 5.41. The van der Waals surface area contributed by atoms with E-state index in [-0.39, 0.29) is 31.3 Å². The van der Waals surface area contributed by atoms with Gasteiger partial charge in [0.25, 0.3) is 0 Å². The molecule has 0 bridgehead atoms. The first-order valence-corrected chi connectivity index (χ1v) is 15.1. The van der Waals surface area contributed by atoms with E-state index in [1.807, 2.05) is 32.9 Å². The summed E-state index contributed by atoms with van der Waals surface area (Å²) >= 11 is 12.4. The molecule has 0 fully saturated rings. The molecule has 0 saturated heterocycles. The second-order valence-electron chi connectivity index (χ2n) is 9.10. The first-order chi connectivity index (χ1) is 17.5. The molecular weight excluding hydrogens is 533 g/mol. The monoisotopic (exact) mass is 569 g/mol. The summed E-state index contributed by atoms with van der Waals surface area (Å²) in [6, 6.07) is 11.6. The fraction of sp³-hybridized carbons (Fsp3) is 0.481. The number of aryl methyl sites for hydroxylation is 1. The third kappa shape index (κ3) is 9.51. The Bertz CT molecular complexity index is 1160. The lowest BCUT2D eigenvalue weighted by Crippen LogP contribution is -2.49. The van der Waals surface area contributed by atoms with E-state index in [4.69, 9.17) is 23.2 Å². The number of carbonyl (C=O) groups is 2. The van der Waals surface area contributed by atoms with E-state index in [1.54, 1.807) is 30.3 Å². The van der Waals surface area contributed by atoms with Crippen molar-refractivity contribution < 1.29 is 18.0 Å². The van der Waals surface area contributed by atoms with Gasteiger partial charge in [0, 0.05) is 36.1 Å². The highest BCUT2D eigenvalue weighted by Crippen LogP contribution is 2.25. The van der Waals surface area contributed by atoms with Crippen LogP contribution in [-0.2, 0) is 26.2 Å². The van der Waals surface area contributed by atoms with Gasteiger partial charge in [-0.1, -0.05) is 67.2 Å². The Morgan fingerprint density at radius 3 is 2.27 bits per heavy atom. The number of sulfonamides is 1. The van der Waals surface area contributed by atoms with Crippen molar-refractivity contribution >= 4 is 50.7 Å². The van der Waals surface area contributed by atoms with E-state index in [0.29, 0.717) is 40.7 Å². The number of halogens is 2. The second-order valence-corrected chi connectivity index (χ2v) is 11.9. The van der Waals surface area contributed by atoms with E-state index in [9.17, 15) is 18.0 Å². The molecule has 0 radical (unpaired) electrons. The zero-order valence-corrected chi connectivity index (χ0v) is 24.3. The number of hydrogen-bond donors (Lipinski definition) is 1. The average molecular weight is 571 g/mol. The minimum atomic E-state index is -3.54. The lowest BCUT2D eigenvalue weighted by atomic mass is 10.1. The molecule has 2 aromatic rings. The van der Waals surface area contributed by atoms with Crippen LogP contribution in [0, 0.1) is 6.92 Å². The molecule has 0 unspecified atom stereocenters. The Labute approximate surface area is 231 Å². The highest BCUT2D eigenvalue weighted by atomic mass is 35.5. The standard InChI is InChI=1S/C27H37Cl2N3O4S/c1-5-7-16-30-27(34)25(6-2)31(19-21-12-13-22(28)18-24(21)29)26(33)9-8-17-32(37(4,35)36)23-14-10-20(3)11-15-23/h10-15,18,25H,5-9,16-17,19H2,1-4H3,(H,30,34)/t25-/m1/s1. The second kappa shape index (κ2) is 14.6. The number of benzene rings is 2. The van der Waals surface area contributed by atoms with Crippen molar-refractivity contribution in [3.8, 4) is 0 Å². The fourth-order valence-electron chi connectivity index (χ4n) is 3.97. The van der Waals surface area contributed by atoms with Gasteiger partial charge in [0.05, 0.1) is 11.9 Å². The van der Waals surface area contributed by atoms with Crippen molar-refractivity contribution in [2.45, 2.75) is 65.5 Å². The van der Waals surface area contributed by atoms with Gasteiger partial charge in [-0.2, -0.15) is 0 Å². The molecular formula is C27H37Cl2N3O4S. The van der Waals surface area contributed by atoms with E-state index in [2.05, 4.69) is 5.32 Å². The van der Waals surface area contributed by atoms with Crippen LogP contribution in [0.3, 0.4) is 0 Å². The summed E-state index contributed by atoms with van der Waals surface area (Å²) in [6.45, 7) is 6.65. The van der Waals surface area contributed by atoms with Gasteiger partial charge in [0.1, 0.15) is 6.04 Å². The highest BCUT2D eigenvalue weighted by Gasteiger charge is 2.29. The van der Waals surface area contributed by atoms with Crippen molar-refractivity contribution in [1.29, 1.82) is 0 Å². The maximum Gasteiger partial charge on any atom is 0.242 e. The Balaban J connectivity index is 2.22. The maximum atomic E-state index is 13.5. The normalized spacial score (nSPS) is 12.2. The number of rotatable bonds is 14. The molecule has 1 atom stereocenters. The number of unbranched alkanes of at least 4 members (excludes halogenated alkanes) is 1. The van der Waals surface area contributed by atoms with Crippen molar-refractivity contribution in [3.05, 3.63) is 63.6 Å². The minimum Gasteiger partial charge on any atom is -0.354 e.